The third-order valence-electron chi connectivity index (χ3n) is 4.43. The number of nitrogens with one attached hydrogen (secondary N) is 1. The van der Waals surface area contributed by atoms with Gasteiger partial charge >= 0.3 is 0 Å². The van der Waals surface area contributed by atoms with Gasteiger partial charge in [-0.3, -0.25) is 9.69 Å². The normalized spacial score (nSPS) is 19.9. The third-order valence-corrected chi connectivity index (χ3v) is 5.41. The summed E-state index contributed by atoms with van der Waals surface area (Å²) in [7, 11) is -3.18. The van der Waals surface area contributed by atoms with Crippen LogP contribution in [0, 0.1) is 11.6 Å². The number of carbonyl (C=O) groups excluding carboxylic acids is 1. The second kappa shape index (κ2) is 8.88. The second-order valence-corrected chi connectivity index (χ2v) is 9.07. The number of nitrogens with zero attached hydrogens (tertiary/aromatic N) is 1. The van der Waals surface area contributed by atoms with E-state index < -0.39 is 33.4 Å². The molecule has 0 bridgehead atoms. The number of sulfone groups is 1. The van der Waals surface area contributed by atoms with Crippen molar-refractivity contribution in [1.29, 1.82) is 0 Å². The molecule has 26 heavy (non-hydrogen) atoms. The van der Waals surface area contributed by atoms with Crippen LogP contribution in [-0.4, -0.2) is 56.4 Å². The molecule has 3 N–H and O–H groups in total. The predicted octanol–water partition coefficient (Wildman–Crippen LogP) is 0.807. The van der Waals surface area contributed by atoms with Crippen molar-refractivity contribution >= 4 is 15.7 Å². The number of piperidine rings is 1. The highest BCUT2D eigenvalue weighted by molar-refractivity contribution is 7.90. The molecular weight excluding hydrogens is 364 g/mol. The number of likely N-dealkylation sites (tertiary alicyclic amines) is 1. The van der Waals surface area contributed by atoms with E-state index in [1.165, 1.54) is 18.2 Å². The molecule has 2 rings (SSSR count). The van der Waals surface area contributed by atoms with E-state index in [1.54, 1.807) is 0 Å². The highest BCUT2D eigenvalue weighted by atomic mass is 32.2. The molecule has 1 aliphatic heterocycles. The van der Waals surface area contributed by atoms with Gasteiger partial charge in [-0.05, 0) is 37.9 Å². The molecule has 0 aromatic heterocycles. The number of benzene rings is 1. The van der Waals surface area contributed by atoms with Gasteiger partial charge in [0.2, 0.25) is 5.91 Å². The van der Waals surface area contributed by atoms with Gasteiger partial charge in [0.05, 0.1) is 11.8 Å². The van der Waals surface area contributed by atoms with Crippen LogP contribution >= 0.6 is 0 Å². The van der Waals surface area contributed by atoms with Crippen molar-refractivity contribution in [2.75, 3.05) is 25.1 Å². The Morgan fingerprint density at radius 3 is 2.65 bits per heavy atom. The smallest absolute Gasteiger partial charge is 0.237 e. The number of hydrogen-bond donors (Lipinski definition) is 2. The van der Waals surface area contributed by atoms with Gasteiger partial charge in [0, 0.05) is 31.0 Å². The molecule has 1 saturated heterocycles. The van der Waals surface area contributed by atoms with Crippen LogP contribution in [0.3, 0.4) is 0 Å². The lowest BCUT2D eigenvalue weighted by Crippen LogP contribution is -2.52. The molecule has 146 valence electrons. The van der Waals surface area contributed by atoms with Crippen LogP contribution < -0.4 is 11.1 Å². The fourth-order valence-corrected chi connectivity index (χ4v) is 3.69. The summed E-state index contributed by atoms with van der Waals surface area (Å²) in [6.07, 6.45) is 2.67. The lowest BCUT2D eigenvalue weighted by Gasteiger charge is -2.33. The van der Waals surface area contributed by atoms with E-state index in [-0.39, 0.29) is 30.3 Å². The summed E-state index contributed by atoms with van der Waals surface area (Å²) in [5, 5.41) is 2.81. The summed E-state index contributed by atoms with van der Waals surface area (Å²) in [6.45, 7) is 1.27. The van der Waals surface area contributed by atoms with Gasteiger partial charge in [-0.25, -0.2) is 17.2 Å². The van der Waals surface area contributed by atoms with Crippen LogP contribution in [0.2, 0.25) is 0 Å². The molecule has 0 saturated carbocycles. The maximum absolute atomic E-state index is 13.8. The van der Waals surface area contributed by atoms with E-state index in [4.69, 9.17) is 5.73 Å². The fourth-order valence-electron chi connectivity index (χ4n) is 3.00. The Bertz CT molecular complexity index is 723. The number of rotatable bonds is 7. The van der Waals surface area contributed by atoms with Gasteiger partial charge in [-0.15, -0.1) is 0 Å². The van der Waals surface area contributed by atoms with Crippen molar-refractivity contribution < 1.29 is 22.0 Å². The average molecular weight is 389 g/mol. The van der Waals surface area contributed by atoms with Crippen LogP contribution in [0.25, 0.3) is 0 Å². The lowest BCUT2D eigenvalue weighted by atomic mass is 10.0. The lowest BCUT2D eigenvalue weighted by molar-refractivity contribution is -0.123. The molecule has 9 heteroatoms. The van der Waals surface area contributed by atoms with E-state index in [9.17, 15) is 22.0 Å². The summed E-state index contributed by atoms with van der Waals surface area (Å²) in [5.74, 6) is -1.72. The molecule has 0 aliphatic carbocycles. The van der Waals surface area contributed by atoms with Gasteiger partial charge in [0.25, 0.3) is 0 Å². The first-order chi connectivity index (χ1) is 12.2. The molecular formula is C17H25F2N3O3S. The van der Waals surface area contributed by atoms with E-state index in [2.05, 4.69) is 5.32 Å². The molecule has 2 atom stereocenters. The van der Waals surface area contributed by atoms with Gasteiger partial charge < -0.3 is 11.1 Å². The minimum absolute atomic E-state index is 0.0179. The van der Waals surface area contributed by atoms with Gasteiger partial charge in [0.1, 0.15) is 21.5 Å². The highest BCUT2D eigenvalue weighted by Crippen LogP contribution is 2.18. The number of carbonyl (C=O) groups is 1. The van der Waals surface area contributed by atoms with Crippen molar-refractivity contribution in [3.8, 4) is 0 Å². The molecule has 1 aromatic rings. The largest absolute Gasteiger partial charge is 0.351 e. The Labute approximate surface area is 152 Å². The molecule has 0 radical (unpaired) electrons. The van der Waals surface area contributed by atoms with E-state index in [1.807, 2.05) is 4.90 Å². The van der Waals surface area contributed by atoms with E-state index in [0.717, 1.165) is 19.1 Å². The maximum Gasteiger partial charge on any atom is 0.237 e. The summed E-state index contributed by atoms with van der Waals surface area (Å²) in [5.41, 5.74) is 5.77. The van der Waals surface area contributed by atoms with Crippen molar-refractivity contribution in [2.45, 2.75) is 37.9 Å². The second-order valence-electron chi connectivity index (χ2n) is 6.81. The van der Waals surface area contributed by atoms with Gasteiger partial charge in [-0.1, -0.05) is 6.07 Å². The fraction of sp³-hybridized carbons (Fsp3) is 0.588. The minimum atomic E-state index is -3.18. The Balaban J connectivity index is 1.88. The predicted molar refractivity (Wildman–Crippen MR) is 95.1 cm³/mol. The number of hydrogen-bond acceptors (Lipinski definition) is 5. The quantitative estimate of drug-likeness (QED) is 0.720. The van der Waals surface area contributed by atoms with Crippen LogP contribution in [0.4, 0.5) is 8.78 Å². The highest BCUT2D eigenvalue weighted by Gasteiger charge is 2.25. The van der Waals surface area contributed by atoms with Crippen LogP contribution in [0.1, 0.15) is 24.8 Å². The molecule has 1 heterocycles. The Morgan fingerprint density at radius 2 is 2.04 bits per heavy atom. The summed E-state index contributed by atoms with van der Waals surface area (Å²) in [6, 6.07) is 2.69. The monoisotopic (exact) mass is 389 g/mol. The number of nitrogens with two attached hydrogens (primary N) is 1. The van der Waals surface area contributed by atoms with Gasteiger partial charge in [-0.2, -0.15) is 0 Å². The number of halogens is 2. The topological polar surface area (TPSA) is 92.5 Å². The zero-order valence-corrected chi connectivity index (χ0v) is 15.6. The molecule has 6 nitrogen and oxygen atoms in total. The van der Waals surface area contributed by atoms with Crippen molar-refractivity contribution in [1.82, 2.24) is 10.2 Å². The summed E-state index contributed by atoms with van der Waals surface area (Å²) in [4.78, 5) is 14.0. The maximum atomic E-state index is 13.8. The van der Waals surface area contributed by atoms with E-state index in [0.29, 0.717) is 13.1 Å². The zero-order valence-electron chi connectivity index (χ0n) is 14.7. The van der Waals surface area contributed by atoms with Crippen LogP contribution in [0.5, 0.6) is 0 Å². The summed E-state index contributed by atoms with van der Waals surface area (Å²) < 4.78 is 49.9. The average Bonchev–Trinajstić information content (AvgIpc) is 2.56. The molecule has 0 spiro atoms. The van der Waals surface area contributed by atoms with Crippen molar-refractivity contribution in [3.63, 3.8) is 0 Å². The third kappa shape index (κ3) is 6.30. The van der Waals surface area contributed by atoms with Gasteiger partial charge in [0.15, 0.2) is 0 Å². The standard InChI is InChI=1S/C17H25F2N3O3S/c1-26(24,25)9-7-16(20)17(23)21-12-4-3-8-22(10-12)11-13-14(18)5-2-6-15(13)19/h2,5-6,12,16H,3-4,7-11,20H2,1H3,(H,21,23). The molecule has 1 amide bonds. The summed E-state index contributed by atoms with van der Waals surface area (Å²) >= 11 is 0. The Morgan fingerprint density at radius 1 is 1.38 bits per heavy atom. The first kappa shape index (κ1) is 20.7. The van der Waals surface area contributed by atoms with Crippen LogP contribution in [-0.2, 0) is 21.2 Å². The first-order valence-electron chi connectivity index (χ1n) is 8.54. The molecule has 1 fully saturated rings. The van der Waals surface area contributed by atoms with E-state index >= 15 is 0 Å². The number of amides is 1. The molecule has 2 unspecified atom stereocenters. The Hall–Kier alpha value is -1.58. The minimum Gasteiger partial charge on any atom is -0.351 e. The van der Waals surface area contributed by atoms with Crippen LogP contribution in [0.15, 0.2) is 18.2 Å². The zero-order chi connectivity index (χ0) is 19.3. The molecule has 1 aromatic carbocycles. The SMILES string of the molecule is CS(=O)(=O)CCC(N)C(=O)NC1CCCN(Cc2c(F)cccc2F)C1. The van der Waals surface area contributed by atoms with Crippen molar-refractivity contribution in [2.24, 2.45) is 5.73 Å². The first-order valence-corrected chi connectivity index (χ1v) is 10.6. The molecule has 1 aliphatic rings. The van der Waals surface area contributed by atoms with Crippen molar-refractivity contribution in [3.05, 3.63) is 35.4 Å². The Kier molecular flexibility index (Phi) is 7.08.